The average Bonchev–Trinajstić information content (AvgIpc) is 2.97. The Labute approximate surface area is 157 Å². The topological polar surface area (TPSA) is 90.7 Å². The summed E-state index contributed by atoms with van der Waals surface area (Å²) in [4.78, 5) is 23.4. The van der Waals surface area contributed by atoms with Crippen molar-refractivity contribution >= 4 is 50.3 Å². The Morgan fingerprint density at radius 3 is 2.62 bits per heavy atom. The Kier molecular flexibility index (Phi) is 4.97. The highest BCUT2D eigenvalue weighted by molar-refractivity contribution is 7.21. The van der Waals surface area contributed by atoms with Crippen molar-refractivity contribution in [2.45, 2.75) is 0 Å². The normalized spacial score (nSPS) is 10.6. The maximum absolute atomic E-state index is 12.7. The number of amides is 1. The first-order chi connectivity index (χ1) is 12.4. The fourth-order valence-corrected chi connectivity index (χ4v) is 3.85. The molecule has 1 heterocycles. The number of nitro benzene ring substituents is 1. The van der Waals surface area contributed by atoms with Gasteiger partial charge in [0, 0.05) is 22.2 Å². The molecule has 1 amide bonds. The number of nitrogens with one attached hydrogen (secondary N) is 1. The second kappa shape index (κ2) is 7.19. The molecule has 0 bridgehead atoms. The van der Waals surface area contributed by atoms with Crippen LogP contribution in [0.15, 0.2) is 36.4 Å². The molecule has 0 saturated heterocycles. The van der Waals surface area contributed by atoms with Crippen molar-refractivity contribution in [1.29, 1.82) is 0 Å². The summed E-state index contributed by atoms with van der Waals surface area (Å²) in [5.74, 6) is 0.486. The third-order valence-corrected chi connectivity index (χ3v) is 5.34. The van der Waals surface area contributed by atoms with Gasteiger partial charge in [0.15, 0.2) is 0 Å². The van der Waals surface area contributed by atoms with Gasteiger partial charge in [-0.05, 0) is 24.3 Å². The summed E-state index contributed by atoms with van der Waals surface area (Å²) in [6, 6.07) is 9.28. The molecule has 1 aromatic heterocycles. The van der Waals surface area contributed by atoms with Crippen LogP contribution in [0, 0.1) is 10.1 Å². The van der Waals surface area contributed by atoms with Gasteiger partial charge in [0.1, 0.15) is 16.4 Å². The fraction of sp³-hybridized carbons (Fsp3) is 0.118. The lowest BCUT2D eigenvalue weighted by Gasteiger charge is -2.09. The number of fused-ring (bicyclic) bond motifs is 1. The molecular weight excluding hydrogens is 380 g/mol. The van der Waals surface area contributed by atoms with Crippen molar-refractivity contribution in [3.8, 4) is 11.5 Å². The number of ether oxygens (including phenoxy) is 2. The SMILES string of the molecule is COc1ccc2c(Cl)c(C(=O)Nc3cc([N+](=O)[O-])ccc3OC)sc2c1. The van der Waals surface area contributed by atoms with E-state index in [1.54, 1.807) is 25.3 Å². The van der Waals surface area contributed by atoms with Gasteiger partial charge in [0.05, 0.1) is 29.9 Å². The summed E-state index contributed by atoms with van der Waals surface area (Å²) in [6.07, 6.45) is 0. The number of benzene rings is 2. The van der Waals surface area contributed by atoms with Crippen LogP contribution >= 0.6 is 22.9 Å². The lowest BCUT2D eigenvalue weighted by Crippen LogP contribution is -2.11. The van der Waals surface area contributed by atoms with E-state index in [0.717, 1.165) is 10.1 Å². The molecule has 0 saturated carbocycles. The van der Waals surface area contributed by atoms with Crippen molar-refractivity contribution in [3.05, 3.63) is 56.4 Å². The Morgan fingerprint density at radius 1 is 1.19 bits per heavy atom. The minimum Gasteiger partial charge on any atom is -0.497 e. The minimum atomic E-state index is -0.548. The monoisotopic (exact) mass is 392 g/mol. The van der Waals surface area contributed by atoms with E-state index in [1.807, 2.05) is 0 Å². The molecule has 1 N–H and O–H groups in total. The summed E-state index contributed by atoms with van der Waals surface area (Å²) in [6.45, 7) is 0. The van der Waals surface area contributed by atoms with Gasteiger partial charge in [-0.2, -0.15) is 0 Å². The van der Waals surface area contributed by atoms with E-state index in [0.29, 0.717) is 21.4 Å². The van der Waals surface area contributed by atoms with Gasteiger partial charge in [0.2, 0.25) is 0 Å². The number of anilines is 1. The van der Waals surface area contributed by atoms with Crippen LogP contribution in [0.3, 0.4) is 0 Å². The first-order valence-corrected chi connectivity index (χ1v) is 8.54. The van der Waals surface area contributed by atoms with Crippen molar-refractivity contribution in [2.24, 2.45) is 0 Å². The molecule has 9 heteroatoms. The van der Waals surface area contributed by atoms with Crippen LogP contribution in [-0.2, 0) is 0 Å². The van der Waals surface area contributed by atoms with Crippen LogP contribution in [0.2, 0.25) is 5.02 Å². The summed E-state index contributed by atoms with van der Waals surface area (Å²) >= 11 is 7.54. The van der Waals surface area contributed by atoms with Crippen molar-refractivity contribution in [3.63, 3.8) is 0 Å². The summed E-state index contributed by atoms with van der Waals surface area (Å²) in [7, 11) is 2.97. The molecular formula is C17H13ClN2O5S. The van der Waals surface area contributed by atoms with Gasteiger partial charge in [-0.15, -0.1) is 11.3 Å². The van der Waals surface area contributed by atoms with Crippen molar-refractivity contribution in [1.82, 2.24) is 0 Å². The number of carbonyl (C=O) groups excluding carboxylic acids is 1. The van der Waals surface area contributed by atoms with Crippen LogP contribution in [0.5, 0.6) is 11.5 Å². The highest BCUT2D eigenvalue weighted by Crippen LogP contribution is 2.38. The molecule has 7 nitrogen and oxygen atoms in total. The van der Waals surface area contributed by atoms with Gasteiger partial charge in [0.25, 0.3) is 11.6 Å². The van der Waals surface area contributed by atoms with Crippen LogP contribution < -0.4 is 14.8 Å². The Balaban J connectivity index is 1.98. The molecule has 2 aromatic carbocycles. The molecule has 3 aromatic rings. The first kappa shape index (κ1) is 18.0. The van der Waals surface area contributed by atoms with Crippen molar-refractivity contribution < 1.29 is 19.2 Å². The quantitative estimate of drug-likeness (QED) is 0.500. The zero-order chi connectivity index (χ0) is 18.8. The van der Waals surface area contributed by atoms with Crippen LogP contribution in [0.1, 0.15) is 9.67 Å². The molecule has 0 atom stereocenters. The molecule has 134 valence electrons. The second-order valence-corrected chi connectivity index (χ2v) is 6.63. The highest BCUT2D eigenvalue weighted by Gasteiger charge is 2.20. The van der Waals surface area contributed by atoms with Crippen LogP contribution in [0.4, 0.5) is 11.4 Å². The number of carbonyl (C=O) groups is 1. The standard InChI is InChI=1S/C17H13ClN2O5S/c1-24-10-4-5-11-14(8-10)26-16(15(11)18)17(21)19-12-7-9(20(22)23)3-6-13(12)25-2/h3-8H,1-2H3,(H,19,21). The Bertz CT molecular complexity index is 1020. The van der Waals surface area contributed by atoms with Crippen LogP contribution in [0.25, 0.3) is 10.1 Å². The number of halogens is 1. The number of hydrogen-bond acceptors (Lipinski definition) is 6. The first-order valence-electron chi connectivity index (χ1n) is 7.34. The summed E-state index contributed by atoms with van der Waals surface area (Å²) < 4.78 is 11.1. The van der Waals surface area contributed by atoms with E-state index in [9.17, 15) is 14.9 Å². The smallest absolute Gasteiger partial charge is 0.271 e. The lowest BCUT2D eigenvalue weighted by atomic mass is 10.2. The molecule has 0 unspecified atom stereocenters. The number of nitro groups is 1. The summed E-state index contributed by atoms with van der Waals surface area (Å²) in [5.41, 5.74) is 0.0334. The number of hydrogen-bond donors (Lipinski definition) is 1. The number of thiophene rings is 1. The third kappa shape index (κ3) is 3.29. The van der Waals surface area contributed by atoms with Gasteiger partial charge in [-0.3, -0.25) is 14.9 Å². The largest absolute Gasteiger partial charge is 0.497 e. The van der Waals surface area contributed by atoms with E-state index >= 15 is 0 Å². The maximum Gasteiger partial charge on any atom is 0.271 e. The molecule has 0 spiro atoms. The molecule has 3 rings (SSSR count). The zero-order valence-electron chi connectivity index (χ0n) is 13.7. The van der Waals surface area contributed by atoms with E-state index < -0.39 is 10.8 Å². The average molecular weight is 393 g/mol. The number of methoxy groups -OCH3 is 2. The second-order valence-electron chi connectivity index (χ2n) is 5.20. The number of nitrogens with zero attached hydrogens (tertiary/aromatic N) is 1. The highest BCUT2D eigenvalue weighted by atomic mass is 35.5. The molecule has 0 aliphatic heterocycles. The number of rotatable bonds is 5. The predicted octanol–water partition coefficient (Wildman–Crippen LogP) is 4.73. The maximum atomic E-state index is 12.7. The Morgan fingerprint density at radius 2 is 1.96 bits per heavy atom. The molecule has 26 heavy (non-hydrogen) atoms. The van der Waals surface area contributed by atoms with E-state index in [1.165, 1.54) is 36.6 Å². The molecule has 0 aliphatic carbocycles. The Hall–Kier alpha value is -2.84. The zero-order valence-corrected chi connectivity index (χ0v) is 15.3. The van der Waals surface area contributed by atoms with Gasteiger partial charge < -0.3 is 14.8 Å². The summed E-state index contributed by atoms with van der Waals surface area (Å²) in [5, 5.41) is 14.6. The third-order valence-electron chi connectivity index (χ3n) is 3.68. The minimum absolute atomic E-state index is 0.159. The molecule has 0 radical (unpaired) electrons. The van der Waals surface area contributed by atoms with E-state index in [4.69, 9.17) is 21.1 Å². The fourth-order valence-electron chi connectivity index (χ4n) is 2.40. The molecule has 0 aliphatic rings. The lowest BCUT2D eigenvalue weighted by molar-refractivity contribution is -0.384. The van der Waals surface area contributed by atoms with Crippen LogP contribution in [-0.4, -0.2) is 25.1 Å². The van der Waals surface area contributed by atoms with Gasteiger partial charge in [-0.25, -0.2) is 0 Å². The van der Waals surface area contributed by atoms with Gasteiger partial charge >= 0.3 is 0 Å². The molecule has 0 fully saturated rings. The van der Waals surface area contributed by atoms with E-state index in [2.05, 4.69) is 5.32 Å². The number of non-ortho nitro benzene ring substituents is 1. The van der Waals surface area contributed by atoms with Crippen molar-refractivity contribution in [2.75, 3.05) is 19.5 Å². The predicted molar refractivity (Wildman–Crippen MR) is 101 cm³/mol. The van der Waals surface area contributed by atoms with E-state index in [-0.39, 0.29) is 11.4 Å². The van der Waals surface area contributed by atoms with Gasteiger partial charge in [-0.1, -0.05) is 11.6 Å².